The number of hydrogen-bond donors (Lipinski definition) is 1. The fraction of sp³-hybridized carbons (Fsp3) is 0.462. The molecule has 104 valence electrons. The van der Waals surface area contributed by atoms with E-state index in [1.807, 2.05) is 23.5 Å². The van der Waals surface area contributed by atoms with Gasteiger partial charge in [0.15, 0.2) is 0 Å². The van der Waals surface area contributed by atoms with Gasteiger partial charge in [-0.15, -0.1) is 0 Å². The monoisotopic (exact) mass is 273 g/mol. The number of rotatable bonds is 2. The third kappa shape index (κ3) is 3.87. The topological polar surface area (TPSA) is 38.3 Å². The molecule has 1 aliphatic rings. The third-order valence-electron chi connectivity index (χ3n) is 3.00. The van der Waals surface area contributed by atoms with E-state index in [9.17, 15) is 18.0 Å². The van der Waals surface area contributed by atoms with E-state index in [1.165, 1.54) is 0 Å². The Labute approximate surface area is 108 Å². The summed E-state index contributed by atoms with van der Waals surface area (Å²) in [6, 6.07) is 7.26. The SMILES string of the molecule is O=C(NCC(F)(F)F)[C@@H]1CCOc2ccccc2C1. The molecule has 1 N–H and O–H groups in total. The van der Waals surface area contributed by atoms with Gasteiger partial charge in [0, 0.05) is 5.92 Å². The molecule has 1 amide bonds. The summed E-state index contributed by atoms with van der Waals surface area (Å²) < 4.78 is 41.7. The lowest BCUT2D eigenvalue weighted by Gasteiger charge is -2.15. The van der Waals surface area contributed by atoms with Gasteiger partial charge < -0.3 is 10.1 Å². The lowest BCUT2D eigenvalue weighted by molar-refractivity contribution is -0.140. The number of ether oxygens (including phenoxy) is 1. The van der Waals surface area contributed by atoms with Crippen molar-refractivity contribution in [2.75, 3.05) is 13.2 Å². The van der Waals surface area contributed by atoms with Gasteiger partial charge in [0.05, 0.1) is 6.61 Å². The molecule has 0 fully saturated rings. The van der Waals surface area contributed by atoms with Crippen LogP contribution in [0.25, 0.3) is 0 Å². The van der Waals surface area contributed by atoms with Crippen molar-refractivity contribution < 1.29 is 22.7 Å². The van der Waals surface area contributed by atoms with Gasteiger partial charge in [-0.25, -0.2) is 0 Å². The first-order valence-corrected chi connectivity index (χ1v) is 6.01. The van der Waals surface area contributed by atoms with Crippen LogP contribution in [0.4, 0.5) is 13.2 Å². The molecule has 2 rings (SSSR count). The number of carbonyl (C=O) groups is 1. The van der Waals surface area contributed by atoms with Gasteiger partial charge in [-0.05, 0) is 24.5 Å². The summed E-state index contributed by atoms with van der Waals surface area (Å²) in [4.78, 5) is 11.7. The number of fused-ring (bicyclic) bond motifs is 1. The fourth-order valence-electron chi connectivity index (χ4n) is 2.05. The highest BCUT2D eigenvalue weighted by Gasteiger charge is 2.30. The van der Waals surface area contributed by atoms with Crippen LogP contribution in [0.2, 0.25) is 0 Å². The average Bonchev–Trinajstić information content (AvgIpc) is 2.57. The number of nitrogens with one attached hydrogen (secondary N) is 1. The predicted octanol–water partition coefficient (Wildman–Crippen LogP) is 2.31. The molecule has 0 unspecified atom stereocenters. The summed E-state index contributed by atoms with van der Waals surface area (Å²) in [6.07, 6.45) is -3.56. The standard InChI is InChI=1S/C13H14F3NO2/c14-13(15,16)8-17-12(18)10-5-6-19-11-4-2-1-3-9(11)7-10/h1-4,10H,5-8H2,(H,17,18)/t10-/m1/s1. The Bertz CT molecular complexity index is 459. The summed E-state index contributed by atoms with van der Waals surface area (Å²) in [5, 5.41) is 1.93. The Hall–Kier alpha value is -1.72. The Morgan fingerprint density at radius 3 is 2.84 bits per heavy atom. The van der Waals surface area contributed by atoms with Crippen LogP contribution < -0.4 is 10.1 Å². The quantitative estimate of drug-likeness (QED) is 0.898. The van der Waals surface area contributed by atoms with E-state index < -0.39 is 24.5 Å². The molecule has 19 heavy (non-hydrogen) atoms. The van der Waals surface area contributed by atoms with Crippen molar-refractivity contribution in [1.29, 1.82) is 0 Å². The molecular weight excluding hydrogens is 259 g/mol. The van der Waals surface area contributed by atoms with Gasteiger partial charge in [0.25, 0.3) is 0 Å². The van der Waals surface area contributed by atoms with Crippen LogP contribution in [0.15, 0.2) is 24.3 Å². The minimum Gasteiger partial charge on any atom is -0.493 e. The molecule has 0 spiro atoms. The molecule has 3 nitrogen and oxygen atoms in total. The average molecular weight is 273 g/mol. The van der Waals surface area contributed by atoms with Gasteiger partial charge in [-0.1, -0.05) is 18.2 Å². The number of benzene rings is 1. The van der Waals surface area contributed by atoms with E-state index in [0.717, 1.165) is 5.56 Å². The molecule has 6 heteroatoms. The maximum atomic E-state index is 12.1. The minimum atomic E-state index is -4.38. The van der Waals surface area contributed by atoms with E-state index in [1.54, 1.807) is 6.07 Å². The van der Waals surface area contributed by atoms with Crippen molar-refractivity contribution >= 4 is 5.91 Å². The van der Waals surface area contributed by atoms with Crippen molar-refractivity contribution in [1.82, 2.24) is 5.32 Å². The summed E-state index contributed by atoms with van der Waals surface area (Å²) in [6.45, 7) is -0.952. The molecule has 0 bridgehead atoms. The summed E-state index contributed by atoms with van der Waals surface area (Å²) in [5.74, 6) is -0.350. The van der Waals surface area contributed by atoms with E-state index in [2.05, 4.69) is 0 Å². The minimum absolute atomic E-state index is 0.334. The van der Waals surface area contributed by atoms with Crippen LogP contribution in [0, 0.1) is 5.92 Å². The number of carbonyl (C=O) groups excluding carboxylic acids is 1. The molecule has 0 saturated heterocycles. The molecule has 0 saturated carbocycles. The summed E-state index contributed by atoms with van der Waals surface area (Å²) in [5.41, 5.74) is 0.854. The molecule has 0 aliphatic carbocycles. The number of amides is 1. The second-order valence-electron chi connectivity index (χ2n) is 4.48. The molecule has 1 heterocycles. The zero-order chi connectivity index (χ0) is 13.9. The zero-order valence-corrected chi connectivity index (χ0v) is 10.2. The van der Waals surface area contributed by atoms with Gasteiger partial charge in [0.2, 0.25) is 5.91 Å². The number of para-hydroxylation sites is 1. The first kappa shape index (κ1) is 13.7. The highest BCUT2D eigenvalue weighted by atomic mass is 19.4. The van der Waals surface area contributed by atoms with Gasteiger partial charge >= 0.3 is 6.18 Å². The number of hydrogen-bond acceptors (Lipinski definition) is 2. The highest BCUT2D eigenvalue weighted by Crippen LogP contribution is 2.26. The lowest BCUT2D eigenvalue weighted by atomic mass is 9.96. The molecule has 0 aromatic heterocycles. The second-order valence-corrected chi connectivity index (χ2v) is 4.48. The predicted molar refractivity (Wildman–Crippen MR) is 62.8 cm³/mol. The summed E-state index contributed by atoms with van der Waals surface area (Å²) >= 11 is 0. The van der Waals surface area contributed by atoms with Crippen LogP contribution >= 0.6 is 0 Å². The van der Waals surface area contributed by atoms with Crippen LogP contribution in [0.5, 0.6) is 5.75 Å². The number of halogens is 3. The third-order valence-corrected chi connectivity index (χ3v) is 3.00. The molecular formula is C13H14F3NO2. The van der Waals surface area contributed by atoms with Crippen LogP contribution in [-0.4, -0.2) is 25.2 Å². The van der Waals surface area contributed by atoms with Gasteiger partial charge in [-0.3, -0.25) is 4.79 Å². The van der Waals surface area contributed by atoms with E-state index in [0.29, 0.717) is 25.2 Å². The molecule has 0 radical (unpaired) electrons. The Morgan fingerprint density at radius 1 is 1.37 bits per heavy atom. The van der Waals surface area contributed by atoms with Crippen molar-refractivity contribution in [3.8, 4) is 5.75 Å². The Kier molecular flexibility index (Phi) is 3.97. The molecule has 1 aromatic carbocycles. The van der Waals surface area contributed by atoms with E-state index in [4.69, 9.17) is 4.74 Å². The smallest absolute Gasteiger partial charge is 0.405 e. The molecule has 1 atom stereocenters. The zero-order valence-electron chi connectivity index (χ0n) is 10.2. The van der Waals surface area contributed by atoms with Crippen LogP contribution in [0.1, 0.15) is 12.0 Å². The van der Waals surface area contributed by atoms with Gasteiger partial charge in [0.1, 0.15) is 12.3 Å². The Morgan fingerprint density at radius 2 is 2.11 bits per heavy atom. The first-order valence-electron chi connectivity index (χ1n) is 6.01. The molecule has 1 aliphatic heterocycles. The van der Waals surface area contributed by atoms with Crippen molar-refractivity contribution in [2.45, 2.75) is 19.0 Å². The van der Waals surface area contributed by atoms with E-state index >= 15 is 0 Å². The van der Waals surface area contributed by atoms with Crippen molar-refractivity contribution in [2.24, 2.45) is 5.92 Å². The maximum absolute atomic E-state index is 12.1. The van der Waals surface area contributed by atoms with Crippen LogP contribution in [-0.2, 0) is 11.2 Å². The van der Waals surface area contributed by atoms with E-state index in [-0.39, 0.29) is 0 Å². The second kappa shape index (κ2) is 5.50. The fourth-order valence-corrected chi connectivity index (χ4v) is 2.05. The highest BCUT2D eigenvalue weighted by molar-refractivity contribution is 5.79. The first-order chi connectivity index (χ1) is 8.96. The molecule has 1 aromatic rings. The lowest BCUT2D eigenvalue weighted by Crippen LogP contribution is -2.38. The maximum Gasteiger partial charge on any atom is 0.405 e. The summed E-state index contributed by atoms with van der Waals surface area (Å²) in [7, 11) is 0. The van der Waals surface area contributed by atoms with Gasteiger partial charge in [-0.2, -0.15) is 13.2 Å². The largest absolute Gasteiger partial charge is 0.493 e. The normalized spacial score (nSPS) is 19.0. The van der Waals surface area contributed by atoms with Crippen LogP contribution in [0.3, 0.4) is 0 Å². The number of alkyl halides is 3. The van der Waals surface area contributed by atoms with Crippen molar-refractivity contribution in [3.63, 3.8) is 0 Å². The van der Waals surface area contributed by atoms with Crippen molar-refractivity contribution in [3.05, 3.63) is 29.8 Å². The Balaban J connectivity index is 2.00.